The van der Waals surface area contributed by atoms with E-state index in [9.17, 15) is 14.0 Å². The fraction of sp³-hybridized carbons (Fsp3) is 0.286. The molecule has 0 radical (unpaired) electrons. The van der Waals surface area contributed by atoms with E-state index in [1.165, 1.54) is 23.6 Å². The van der Waals surface area contributed by atoms with Crippen LogP contribution in [0.15, 0.2) is 66.3 Å². The van der Waals surface area contributed by atoms with E-state index in [2.05, 4.69) is 15.2 Å². The molecule has 2 aliphatic rings. The van der Waals surface area contributed by atoms with Crippen LogP contribution < -0.4 is 20.7 Å². The summed E-state index contributed by atoms with van der Waals surface area (Å²) in [4.78, 5) is 36.4. The summed E-state index contributed by atoms with van der Waals surface area (Å²) in [5, 5.41) is 5.45. The zero-order valence-electron chi connectivity index (χ0n) is 21.6. The molecule has 10 nitrogen and oxygen atoms in total. The molecule has 0 spiro atoms. The van der Waals surface area contributed by atoms with Gasteiger partial charge < -0.3 is 24.8 Å². The molecule has 206 valence electrons. The number of carbonyl (C=O) groups excluding carboxylic acids is 2. The van der Waals surface area contributed by atoms with Crippen LogP contribution in [0, 0.1) is 5.95 Å². The van der Waals surface area contributed by atoms with Crippen molar-refractivity contribution in [3.63, 3.8) is 0 Å². The second-order valence-electron chi connectivity index (χ2n) is 9.87. The minimum atomic E-state index is -0.553. The molecule has 4 aromatic rings. The number of carbonyl (C=O) groups is 2. The number of nitrogens with one attached hydrogen (secondary N) is 1. The van der Waals surface area contributed by atoms with Gasteiger partial charge in [-0.1, -0.05) is 0 Å². The van der Waals surface area contributed by atoms with Crippen LogP contribution in [0.1, 0.15) is 40.6 Å². The van der Waals surface area contributed by atoms with Crippen LogP contribution in [0.4, 0.5) is 20.0 Å². The summed E-state index contributed by atoms with van der Waals surface area (Å²) in [7, 11) is 0. The minimum absolute atomic E-state index is 0.0389. The maximum absolute atomic E-state index is 13.5. The highest BCUT2D eigenvalue weighted by molar-refractivity contribution is 7.14. The molecule has 3 amide bonds. The van der Waals surface area contributed by atoms with Gasteiger partial charge in [0.15, 0.2) is 5.13 Å². The summed E-state index contributed by atoms with van der Waals surface area (Å²) in [6, 6.07) is 14.2. The topological polar surface area (TPSA) is 119 Å². The van der Waals surface area contributed by atoms with Gasteiger partial charge in [0.2, 0.25) is 5.95 Å². The number of ether oxygens (including phenoxy) is 1. The first-order chi connectivity index (χ1) is 19.4. The summed E-state index contributed by atoms with van der Waals surface area (Å²) in [5.74, 6) is -0.0706. The fourth-order valence-corrected chi connectivity index (χ4v) is 5.89. The van der Waals surface area contributed by atoms with Crippen LogP contribution in [0.3, 0.4) is 0 Å². The van der Waals surface area contributed by atoms with Crippen LogP contribution in [0.2, 0.25) is 0 Å². The first-order valence-corrected chi connectivity index (χ1v) is 13.9. The average molecular weight is 562 g/mol. The van der Waals surface area contributed by atoms with Crippen molar-refractivity contribution < 1.29 is 18.7 Å². The molecule has 1 aromatic carbocycles. The van der Waals surface area contributed by atoms with Crippen molar-refractivity contribution in [1.82, 2.24) is 19.4 Å². The van der Waals surface area contributed by atoms with E-state index >= 15 is 0 Å². The molecule has 40 heavy (non-hydrogen) atoms. The monoisotopic (exact) mass is 561 g/mol. The van der Waals surface area contributed by atoms with E-state index in [1.54, 1.807) is 33.9 Å². The largest absolute Gasteiger partial charge is 0.487 e. The number of urea groups is 1. The number of likely N-dealkylation sites (tertiary alicyclic amines) is 1. The lowest BCUT2D eigenvalue weighted by Gasteiger charge is -2.37. The Balaban J connectivity index is 1.08. The number of anilines is 2. The average Bonchev–Trinajstić information content (AvgIpc) is 3.67. The quantitative estimate of drug-likeness (QED) is 0.310. The number of hydrogen-bond donors (Lipinski definition) is 2. The maximum Gasteiger partial charge on any atom is 0.315 e. The van der Waals surface area contributed by atoms with Gasteiger partial charge in [0.25, 0.3) is 5.91 Å². The van der Waals surface area contributed by atoms with Gasteiger partial charge in [0, 0.05) is 36.6 Å². The van der Waals surface area contributed by atoms with Crippen molar-refractivity contribution in [3.05, 3.63) is 89.2 Å². The number of amides is 3. The van der Waals surface area contributed by atoms with Crippen LogP contribution in [-0.4, -0.2) is 57.1 Å². The van der Waals surface area contributed by atoms with E-state index in [-0.39, 0.29) is 18.1 Å². The molecule has 12 heteroatoms. The number of thiazole rings is 1. The summed E-state index contributed by atoms with van der Waals surface area (Å²) in [5.41, 5.74) is 8.45. The smallest absolute Gasteiger partial charge is 0.315 e. The van der Waals surface area contributed by atoms with Crippen molar-refractivity contribution in [3.8, 4) is 5.75 Å². The lowest BCUT2D eigenvalue weighted by molar-refractivity contribution is 0.0477. The molecular formula is C28H28FN7O3S. The van der Waals surface area contributed by atoms with Crippen molar-refractivity contribution in [2.75, 3.05) is 29.9 Å². The molecule has 5 heterocycles. The fourth-order valence-electron chi connectivity index (χ4n) is 5.14. The molecule has 0 bridgehead atoms. The molecule has 2 aliphatic heterocycles. The molecule has 3 aromatic heterocycles. The molecule has 1 atom stereocenters. The van der Waals surface area contributed by atoms with Gasteiger partial charge in [-0.05, 0) is 66.9 Å². The van der Waals surface area contributed by atoms with Gasteiger partial charge in [-0.25, -0.2) is 14.8 Å². The van der Waals surface area contributed by atoms with E-state index < -0.39 is 12.0 Å². The number of benzene rings is 1. The van der Waals surface area contributed by atoms with Gasteiger partial charge in [0.1, 0.15) is 17.5 Å². The van der Waals surface area contributed by atoms with Gasteiger partial charge in [-0.3, -0.25) is 10.1 Å². The second-order valence-corrected chi connectivity index (χ2v) is 10.7. The van der Waals surface area contributed by atoms with Gasteiger partial charge in [0.05, 0.1) is 24.8 Å². The third kappa shape index (κ3) is 5.48. The highest BCUT2D eigenvalue weighted by atomic mass is 32.1. The first kappa shape index (κ1) is 25.8. The Bertz CT molecular complexity index is 1520. The van der Waals surface area contributed by atoms with Crippen molar-refractivity contribution in [2.45, 2.75) is 31.5 Å². The Labute approximate surface area is 234 Å². The molecule has 0 saturated carbocycles. The van der Waals surface area contributed by atoms with E-state index in [4.69, 9.17) is 15.5 Å². The van der Waals surface area contributed by atoms with Crippen molar-refractivity contribution in [2.24, 2.45) is 5.73 Å². The predicted molar refractivity (Wildman–Crippen MR) is 149 cm³/mol. The zero-order chi connectivity index (χ0) is 27.6. The van der Waals surface area contributed by atoms with Gasteiger partial charge in [-0.15, -0.1) is 11.3 Å². The Morgan fingerprint density at radius 3 is 2.77 bits per heavy atom. The number of pyridine rings is 1. The number of hydrogen-bond acceptors (Lipinski definition) is 7. The zero-order valence-corrected chi connectivity index (χ0v) is 22.4. The molecule has 0 aliphatic carbocycles. The summed E-state index contributed by atoms with van der Waals surface area (Å²) in [6.07, 6.45) is 5.16. The van der Waals surface area contributed by atoms with Crippen LogP contribution in [-0.2, 0) is 6.54 Å². The SMILES string of the molecule is NC(=O)N1CC(Oc2ccc(N3CCCC3c3csc(NC(=O)c4cccn4Cc4ccnc(F)c4)n3)cc2)C1. The lowest BCUT2D eigenvalue weighted by Crippen LogP contribution is -2.57. The number of rotatable bonds is 8. The molecule has 3 N–H and O–H groups in total. The van der Waals surface area contributed by atoms with Crippen molar-refractivity contribution >= 4 is 34.1 Å². The van der Waals surface area contributed by atoms with Crippen LogP contribution >= 0.6 is 11.3 Å². The number of halogens is 1. The highest BCUT2D eigenvalue weighted by Gasteiger charge is 2.31. The van der Waals surface area contributed by atoms with Crippen molar-refractivity contribution in [1.29, 1.82) is 0 Å². The maximum atomic E-state index is 13.5. The number of aromatic nitrogens is 3. The summed E-state index contributed by atoms with van der Waals surface area (Å²) < 4.78 is 21.2. The van der Waals surface area contributed by atoms with Gasteiger partial charge in [-0.2, -0.15) is 4.39 Å². The molecule has 6 rings (SSSR count). The molecule has 2 saturated heterocycles. The lowest BCUT2D eigenvalue weighted by atomic mass is 10.1. The Morgan fingerprint density at radius 1 is 1.18 bits per heavy atom. The third-order valence-corrected chi connectivity index (χ3v) is 7.95. The van der Waals surface area contributed by atoms with Gasteiger partial charge >= 0.3 is 6.03 Å². The molecule has 1 unspecified atom stereocenters. The summed E-state index contributed by atoms with van der Waals surface area (Å²) in [6.45, 7) is 2.27. The van der Waals surface area contributed by atoms with E-state index in [0.29, 0.717) is 36.0 Å². The summed E-state index contributed by atoms with van der Waals surface area (Å²) >= 11 is 1.40. The third-order valence-electron chi connectivity index (χ3n) is 7.17. The van der Waals surface area contributed by atoms with Crippen LogP contribution in [0.25, 0.3) is 0 Å². The first-order valence-electron chi connectivity index (χ1n) is 13.0. The molecular weight excluding hydrogens is 533 g/mol. The number of nitrogens with two attached hydrogens (primary N) is 1. The standard InChI is InChI=1S/C28H28FN7O3S/c29-25-13-18(9-10-31-25)14-34-11-1-4-24(34)26(37)33-28-32-22(17-40-28)23-3-2-12-36(23)19-5-7-20(8-6-19)39-21-15-35(16-21)27(30)38/h1,4-11,13,17,21,23H,2-3,12,14-16H2,(H2,30,38)(H,32,33,37). The van der Waals surface area contributed by atoms with E-state index in [1.807, 2.05) is 29.6 Å². The highest BCUT2D eigenvalue weighted by Crippen LogP contribution is 2.38. The second kappa shape index (κ2) is 11.0. The molecule has 2 fully saturated rings. The Kier molecular flexibility index (Phi) is 7.08. The number of primary amides is 1. The van der Waals surface area contributed by atoms with E-state index in [0.717, 1.165) is 36.5 Å². The normalized spacial score (nSPS) is 17.1. The Morgan fingerprint density at radius 2 is 2.00 bits per heavy atom. The number of nitrogens with zero attached hydrogens (tertiary/aromatic N) is 5. The van der Waals surface area contributed by atoms with Crippen LogP contribution in [0.5, 0.6) is 5.75 Å². The minimum Gasteiger partial charge on any atom is -0.487 e. The predicted octanol–water partition coefficient (Wildman–Crippen LogP) is 4.26. The Hall–Kier alpha value is -4.45.